The summed E-state index contributed by atoms with van der Waals surface area (Å²) in [5, 5.41) is 11.5. The lowest BCUT2D eigenvalue weighted by molar-refractivity contribution is 0.471. The number of benzene rings is 3. The lowest BCUT2D eigenvalue weighted by atomic mass is 9.77. The van der Waals surface area contributed by atoms with E-state index in [0.29, 0.717) is 16.3 Å². The van der Waals surface area contributed by atoms with Crippen molar-refractivity contribution in [3.05, 3.63) is 83.7 Å². The van der Waals surface area contributed by atoms with Gasteiger partial charge in [0.05, 0.1) is 15.8 Å². The van der Waals surface area contributed by atoms with Crippen LogP contribution in [0.3, 0.4) is 0 Å². The molecule has 0 fully saturated rings. The highest BCUT2D eigenvalue weighted by Crippen LogP contribution is 2.40. The molecule has 1 aliphatic rings. The third-order valence-corrected chi connectivity index (χ3v) is 6.93. The number of phenolic OH excluding ortho intramolecular Hbond substituents is 1. The summed E-state index contributed by atoms with van der Waals surface area (Å²) in [6.07, 6.45) is 7.02. The van der Waals surface area contributed by atoms with Gasteiger partial charge in [-0.15, -0.1) is 12.4 Å². The molecule has 1 atom stereocenters. The van der Waals surface area contributed by atoms with E-state index >= 15 is 0 Å². The van der Waals surface area contributed by atoms with Crippen LogP contribution in [0.5, 0.6) is 5.75 Å². The van der Waals surface area contributed by atoms with E-state index < -0.39 is 10.1 Å². The smallest absolute Gasteiger partial charge is 0.294 e. The molecule has 170 valence electrons. The largest absolute Gasteiger partial charge is 0.507 e. The number of hydrogen-bond acceptors (Lipinski definition) is 4. The maximum atomic E-state index is 11.5. The summed E-state index contributed by atoms with van der Waals surface area (Å²) in [5.41, 5.74) is 4.50. The van der Waals surface area contributed by atoms with E-state index in [-0.39, 0.29) is 28.5 Å². The molecule has 1 heterocycles. The summed E-state index contributed by atoms with van der Waals surface area (Å²) in [4.78, 5) is 7.85. The van der Waals surface area contributed by atoms with Crippen LogP contribution in [0.15, 0.2) is 71.7 Å². The number of aromatic amines is 1. The lowest BCUT2D eigenvalue weighted by Crippen LogP contribution is -2.23. The van der Waals surface area contributed by atoms with E-state index in [0.717, 1.165) is 23.8 Å². The van der Waals surface area contributed by atoms with Crippen LogP contribution >= 0.6 is 12.4 Å². The molecular formula is C25H23ClN2O4S. The zero-order valence-corrected chi connectivity index (χ0v) is 19.7. The van der Waals surface area contributed by atoms with E-state index in [1.165, 1.54) is 22.8 Å². The van der Waals surface area contributed by atoms with Gasteiger partial charge in [0.1, 0.15) is 17.1 Å². The Hall–Kier alpha value is -3.13. The van der Waals surface area contributed by atoms with E-state index in [2.05, 4.69) is 55.2 Å². The van der Waals surface area contributed by atoms with E-state index in [9.17, 15) is 18.1 Å². The fourth-order valence-corrected chi connectivity index (χ4v) is 4.86. The Bertz CT molecular complexity index is 1550. The highest BCUT2D eigenvalue weighted by molar-refractivity contribution is 7.85. The molecule has 0 saturated carbocycles. The number of rotatable bonds is 3. The van der Waals surface area contributed by atoms with Crippen LogP contribution in [0.25, 0.3) is 27.4 Å². The van der Waals surface area contributed by atoms with Crippen molar-refractivity contribution < 1.29 is 18.1 Å². The average molecular weight is 483 g/mol. The zero-order valence-electron chi connectivity index (χ0n) is 18.0. The van der Waals surface area contributed by atoms with Crippen molar-refractivity contribution >= 4 is 49.9 Å². The fourth-order valence-electron chi connectivity index (χ4n) is 4.32. The number of allylic oxidation sites excluding steroid dienone is 4. The van der Waals surface area contributed by atoms with Gasteiger partial charge in [0.15, 0.2) is 0 Å². The van der Waals surface area contributed by atoms with E-state index in [1.54, 1.807) is 12.1 Å². The second-order valence-corrected chi connectivity index (χ2v) is 10.00. The van der Waals surface area contributed by atoms with Crippen molar-refractivity contribution in [1.82, 2.24) is 9.97 Å². The molecule has 0 spiro atoms. The van der Waals surface area contributed by atoms with Crippen LogP contribution in [-0.4, -0.2) is 28.0 Å². The molecule has 0 amide bonds. The van der Waals surface area contributed by atoms with Crippen LogP contribution in [-0.2, 0) is 15.5 Å². The SMILES string of the molecule is Cc1ccc(C2=CC=CC(C)(c3nc4c(ccc5cc(S(=O)(=O)O)cc(O)c54)[nH]3)C2)cc1.Cl. The maximum Gasteiger partial charge on any atom is 0.294 e. The number of nitrogens with zero attached hydrogens (tertiary/aromatic N) is 1. The van der Waals surface area contributed by atoms with Gasteiger partial charge in [-0.2, -0.15) is 8.42 Å². The van der Waals surface area contributed by atoms with Crippen molar-refractivity contribution in [2.75, 3.05) is 0 Å². The number of phenols is 1. The second kappa shape index (κ2) is 8.02. The Kier molecular flexibility index (Phi) is 5.60. The molecular weight excluding hydrogens is 460 g/mol. The molecule has 4 aromatic rings. The normalized spacial score (nSPS) is 18.3. The van der Waals surface area contributed by atoms with E-state index in [1.807, 2.05) is 6.08 Å². The van der Waals surface area contributed by atoms with Crippen molar-refractivity contribution in [3.63, 3.8) is 0 Å². The summed E-state index contributed by atoms with van der Waals surface area (Å²) >= 11 is 0. The predicted octanol–water partition coefficient (Wildman–Crippen LogP) is 5.70. The zero-order chi connectivity index (χ0) is 22.7. The monoisotopic (exact) mass is 482 g/mol. The molecule has 0 radical (unpaired) electrons. The second-order valence-electron chi connectivity index (χ2n) is 8.57. The van der Waals surface area contributed by atoms with Gasteiger partial charge in [-0.05, 0) is 48.9 Å². The first-order valence-corrected chi connectivity index (χ1v) is 11.7. The molecule has 3 aromatic carbocycles. The highest BCUT2D eigenvalue weighted by atomic mass is 35.5. The van der Waals surface area contributed by atoms with Gasteiger partial charge in [0, 0.05) is 11.5 Å². The summed E-state index contributed by atoms with van der Waals surface area (Å²) in [7, 11) is -4.43. The molecule has 5 rings (SSSR count). The molecule has 0 bridgehead atoms. The van der Waals surface area contributed by atoms with Crippen LogP contribution in [0, 0.1) is 6.92 Å². The molecule has 1 aromatic heterocycles. The van der Waals surface area contributed by atoms with E-state index in [4.69, 9.17) is 4.98 Å². The summed E-state index contributed by atoms with van der Waals surface area (Å²) in [6, 6.07) is 14.3. The van der Waals surface area contributed by atoms with Crippen molar-refractivity contribution in [2.24, 2.45) is 0 Å². The topological polar surface area (TPSA) is 103 Å². The quantitative estimate of drug-likeness (QED) is 0.325. The van der Waals surface area contributed by atoms with Crippen molar-refractivity contribution in [2.45, 2.75) is 30.6 Å². The summed E-state index contributed by atoms with van der Waals surface area (Å²) < 4.78 is 32.4. The molecule has 0 aliphatic heterocycles. The molecule has 1 aliphatic carbocycles. The Morgan fingerprint density at radius 2 is 1.82 bits per heavy atom. The van der Waals surface area contributed by atoms with Crippen LogP contribution in [0.1, 0.15) is 30.3 Å². The standard InChI is InChI=1S/C25H22N2O4S.ClH/c1-15-5-7-16(8-6-15)18-4-3-11-25(2,14-18)24-26-20-10-9-17-12-19(32(29,30)31)13-21(28)22(17)23(20)27-24;/h3-13,28H,14H2,1-2H3,(H,26,27)(H,29,30,31);1H. The predicted molar refractivity (Wildman–Crippen MR) is 133 cm³/mol. The van der Waals surface area contributed by atoms with Crippen molar-refractivity contribution in [1.29, 1.82) is 0 Å². The van der Waals surface area contributed by atoms with Gasteiger partial charge >= 0.3 is 0 Å². The molecule has 1 unspecified atom stereocenters. The number of hydrogen-bond donors (Lipinski definition) is 3. The summed E-state index contributed by atoms with van der Waals surface area (Å²) in [6.45, 7) is 4.18. The Morgan fingerprint density at radius 1 is 1.09 bits per heavy atom. The van der Waals surface area contributed by atoms with Gasteiger partial charge in [-0.1, -0.05) is 54.1 Å². The lowest BCUT2D eigenvalue weighted by Gasteiger charge is -2.28. The summed E-state index contributed by atoms with van der Waals surface area (Å²) in [5.74, 6) is 0.510. The van der Waals surface area contributed by atoms with Gasteiger partial charge in [-0.3, -0.25) is 4.55 Å². The van der Waals surface area contributed by atoms with Gasteiger partial charge in [-0.25, -0.2) is 4.98 Å². The highest BCUT2D eigenvalue weighted by Gasteiger charge is 2.31. The maximum absolute atomic E-state index is 11.5. The molecule has 3 N–H and O–H groups in total. The number of fused-ring (bicyclic) bond motifs is 3. The first-order chi connectivity index (χ1) is 15.1. The molecule has 0 saturated heterocycles. The van der Waals surface area contributed by atoms with Gasteiger partial charge < -0.3 is 10.1 Å². The number of halogens is 1. The number of imidazole rings is 1. The number of nitrogens with one attached hydrogen (secondary N) is 1. The Morgan fingerprint density at radius 3 is 2.52 bits per heavy atom. The van der Waals surface area contributed by atoms with Crippen LogP contribution < -0.4 is 0 Å². The van der Waals surface area contributed by atoms with Crippen LogP contribution in [0.4, 0.5) is 0 Å². The number of aryl methyl sites for hydroxylation is 1. The Balaban J connectivity index is 0.00000259. The average Bonchev–Trinajstić information content (AvgIpc) is 3.19. The fraction of sp³-hybridized carbons (Fsp3) is 0.160. The first-order valence-electron chi connectivity index (χ1n) is 10.2. The molecule has 6 nitrogen and oxygen atoms in total. The third-order valence-electron chi connectivity index (χ3n) is 6.10. The Labute approximate surface area is 197 Å². The third kappa shape index (κ3) is 4.04. The van der Waals surface area contributed by atoms with Crippen molar-refractivity contribution in [3.8, 4) is 5.75 Å². The number of H-pyrrole nitrogens is 1. The minimum Gasteiger partial charge on any atom is -0.507 e. The molecule has 8 heteroatoms. The number of aromatic nitrogens is 2. The minimum atomic E-state index is -4.43. The minimum absolute atomic E-state index is 0. The number of aromatic hydroxyl groups is 1. The van der Waals surface area contributed by atoms with Crippen LogP contribution in [0.2, 0.25) is 0 Å². The van der Waals surface area contributed by atoms with Gasteiger partial charge in [0.25, 0.3) is 10.1 Å². The first kappa shape index (κ1) is 23.0. The molecule has 33 heavy (non-hydrogen) atoms. The van der Waals surface area contributed by atoms with Gasteiger partial charge in [0.2, 0.25) is 0 Å².